The predicted molar refractivity (Wildman–Crippen MR) is 76.4 cm³/mol. The Morgan fingerprint density at radius 1 is 1.11 bits per heavy atom. The van der Waals surface area contributed by atoms with Gasteiger partial charge in [-0.15, -0.1) is 0 Å². The van der Waals surface area contributed by atoms with Crippen LogP contribution in [0.4, 0.5) is 5.69 Å². The number of pyridine rings is 1. The summed E-state index contributed by atoms with van der Waals surface area (Å²) in [6.45, 7) is 5.45. The maximum Gasteiger partial charge on any atom is 0.221 e. The summed E-state index contributed by atoms with van der Waals surface area (Å²) in [4.78, 5) is 14.9. The zero-order valence-corrected chi connectivity index (χ0v) is 11.4. The Morgan fingerprint density at radius 2 is 1.79 bits per heavy atom. The fourth-order valence-electron chi connectivity index (χ4n) is 1.37. The Bertz CT molecular complexity index is 513. The molecule has 0 atom stereocenters. The highest BCUT2D eigenvalue weighted by Crippen LogP contribution is 2.22. The monoisotopic (exact) mass is 258 g/mol. The van der Waals surface area contributed by atoms with E-state index in [1.165, 1.54) is 6.92 Å². The summed E-state index contributed by atoms with van der Waals surface area (Å²) in [5, 5.41) is 2.65. The predicted octanol–water partition coefficient (Wildman–Crippen LogP) is 3.86. The van der Waals surface area contributed by atoms with Gasteiger partial charge in [0.2, 0.25) is 5.91 Å². The van der Waals surface area contributed by atoms with Crippen molar-refractivity contribution in [3.63, 3.8) is 0 Å². The van der Waals surface area contributed by atoms with E-state index in [4.69, 9.17) is 4.74 Å². The van der Waals surface area contributed by atoms with Crippen molar-refractivity contribution in [3.05, 3.63) is 48.8 Å². The first-order valence-corrected chi connectivity index (χ1v) is 6.19. The van der Waals surface area contributed by atoms with Crippen molar-refractivity contribution >= 4 is 11.6 Å². The molecule has 0 saturated heterocycles. The van der Waals surface area contributed by atoms with Gasteiger partial charge < -0.3 is 10.1 Å². The number of carbonyl (C=O) groups is 1. The lowest BCUT2D eigenvalue weighted by atomic mass is 10.3. The lowest BCUT2D eigenvalue weighted by Gasteiger charge is -2.06. The van der Waals surface area contributed by atoms with Crippen LogP contribution in [-0.2, 0) is 4.79 Å². The second-order valence-electron chi connectivity index (χ2n) is 3.51. The van der Waals surface area contributed by atoms with Gasteiger partial charge in [-0.2, -0.15) is 0 Å². The van der Waals surface area contributed by atoms with Crippen molar-refractivity contribution in [1.82, 2.24) is 4.98 Å². The number of aromatic nitrogens is 1. The number of hydrogen-bond acceptors (Lipinski definition) is 3. The minimum atomic E-state index is -0.135. The minimum absolute atomic E-state index is 0.135. The molecule has 4 heteroatoms. The van der Waals surface area contributed by atoms with Crippen molar-refractivity contribution in [2.75, 3.05) is 5.32 Å². The number of nitrogens with one attached hydrogen (secondary N) is 1. The number of para-hydroxylation sites is 1. The number of carbonyl (C=O) groups excluding carboxylic acids is 1. The third-order valence-corrected chi connectivity index (χ3v) is 2.01. The van der Waals surface area contributed by atoms with E-state index in [1.54, 1.807) is 18.5 Å². The summed E-state index contributed by atoms with van der Waals surface area (Å²) < 4.78 is 5.59. The summed E-state index contributed by atoms with van der Waals surface area (Å²) >= 11 is 0. The Morgan fingerprint density at radius 3 is 2.42 bits per heavy atom. The van der Waals surface area contributed by atoms with Crippen LogP contribution in [0.3, 0.4) is 0 Å². The van der Waals surface area contributed by atoms with Gasteiger partial charge in [-0.05, 0) is 12.1 Å². The quantitative estimate of drug-likeness (QED) is 0.909. The number of anilines is 1. The van der Waals surface area contributed by atoms with Crippen LogP contribution in [0, 0.1) is 0 Å². The average Bonchev–Trinajstić information content (AvgIpc) is 2.42. The van der Waals surface area contributed by atoms with Gasteiger partial charge >= 0.3 is 0 Å². The molecule has 1 amide bonds. The zero-order valence-electron chi connectivity index (χ0n) is 11.4. The molecule has 0 aliphatic heterocycles. The molecule has 100 valence electrons. The van der Waals surface area contributed by atoms with Gasteiger partial charge in [0, 0.05) is 13.0 Å². The highest BCUT2D eigenvalue weighted by molar-refractivity contribution is 5.88. The van der Waals surface area contributed by atoms with Crippen LogP contribution < -0.4 is 10.1 Å². The van der Waals surface area contributed by atoms with E-state index in [1.807, 2.05) is 44.2 Å². The summed E-state index contributed by atoms with van der Waals surface area (Å²) in [5.41, 5.74) is 0.617. The van der Waals surface area contributed by atoms with Gasteiger partial charge in [-0.25, -0.2) is 0 Å². The molecule has 1 aromatic carbocycles. The highest BCUT2D eigenvalue weighted by Gasteiger charge is 2.00. The lowest BCUT2D eigenvalue weighted by molar-refractivity contribution is -0.114. The van der Waals surface area contributed by atoms with Crippen LogP contribution >= 0.6 is 0 Å². The molecule has 0 aliphatic carbocycles. The molecule has 1 heterocycles. The molecule has 2 rings (SSSR count). The molecule has 0 unspecified atom stereocenters. The molecule has 0 radical (unpaired) electrons. The Hall–Kier alpha value is -2.36. The smallest absolute Gasteiger partial charge is 0.221 e. The maximum absolute atomic E-state index is 10.9. The molecular weight excluding hydrogens is 240 g/mol. The van der Waals surface area contributed by atoms with Crippen molar-refractivity contribution in [1.29, 1.82) is 0 Å². The van der Waals surface area contributed by atoms with E-state index in [9.17, 15) is 4.79 Å². The Labute approximate surface area is 113 Å². The highest BCUT2D eigenvalue weighted by atomic mass is 16.5. The van der Waals surface area contributed by atoms with Gasteiger partial charge in [0.1, 0.15) is 11.5 Å². The average molecular weight is 258 g/mol. The molecule has 1 N–H and O–H groups in total. The first-order chi connectivity index (χ1) is 9.24. The van der Waals surface area contributed by atoms with Gasteiger partial charge in [-0.1, -0.05) is 32.0 Å². The van der Waals surface area contributed by atoms with E-state index in [2.05, 4.69) is 10.3 Å². The summed E-state index contributed by atoms with van der Waals surface area (Å²) in [7, 11) is 0. The zero-order chi connectivity index (χ0) is 14.1. The van der Waals surface area contributed by atoms with E-state index < -0.39 is 0 Å². The number of ether oxygens (including phenoxy) is 1. The summed E-state index contributed by atoms with van der Waals surface area (Å²) in [6, 6.07) is 11.1. The van der Waals surface area contributed by atoms with Gasteiger partial charge in [0.05, 0.1) is 18.1 Å². The first kappa shape index (κ1) is 14.7. The fourth-order valence-corrected chi connectivity index (χ4v) is 1.37. The van der Waals surface area contributed by atoms with Gasteiger partial charge in [0.15, 0.2) is 0 Å². The summed E-state index contributed by atoms with van der Waals surface area (Å²) in [5.74, 6) is 1.18. The normalized spacial score (nSPS) is 9.00. The van der Waals surface area contributed by atoms with E-state index in [-0.39, 0.29) is 5.91 Å². The molecule has 0 saturated carbocycles. The number of nitrogens with zero attached hydrogens (tertiary/aromatic N) is 1. The van der Waals surface area contributed by atoms with Gasteiger partial charge in [0.25, 0.3) is 0 Å². The first-order valence-electron chi connectivity index (χ1n) is 6.19. The number of hydrogen-bond donors (Lipinski definition) is 1. The van der Waals surface area contributed by atoms with Crippen LogP contribution in [0.5, 0.6) is 11.5 Å². The van der Waals surface area contributed by atoms with Crippen LogP contribution in [0.25, 0.3) is 0 Å². The molecule has 0 bridgehead atoms. The van der Waals surface area contributed by atoms with Crippen LogP contribution in [0.1, 0.15) is 20.8 Å². The molecule has 4 nitrogen and oxygen atoms in total. The fraction of sp³-hybridized carbons (Fsp3) is 0.200. The molecule has 19 heavy (non-hydrogen) atoms. The van der Waals surface area contributed by atoms with Crippen LogP contribution in [-0.4, -0.2) is 10.9 Å². The summed E-state index contributed by atoms with van der Waals surface area (Å²) in [6.07, 6.45) is 3.16. The second-order valence-corrected chi connectivity index (χ2v) is 3.51. The molecule has 0 aliphatic rings. The standard InChI is InChI=1S/C13H12N2O2.C2H6/c1-10(16)15-11-7-13(9-14-8-11)17-12-5-3-2-4-6-12;1-2/h2-9H,1H3,(H,15,16);1-2H3. The molecular formula is C15H18N2O2. The molecule has 0 fully saturated rings. The van der Waals surface area contributed by atoms with E-state index in [0.29, 0.717) is 11.4 Å². The van der Waals surface area contributed by atoms with Crippen LogP contribution in [0.2, 0.25) is 0 Å². The number of amides is 1. The maximum atomic E-state index is 10.9. The van der Waals surface area contributed by atoms with E-state index in [0.717, 1.165) is 5.75 Å². The molecule has 1 aromatic heterocycles. The Kier molecular flexibility index (Phi) is 6.09. The number of rotatable bonds is 3. The number of benzene rings is 1. The third kappa shape index (κ3) is 5.21. The van der Waals surface area contributed by atoms with Crippen molar-refractivity contribution < 1.29 is 9.53 Å². The van der Waals surface area contributed by atoms with Crippen molar-refractivity contribution in [2.24, 2.45) is 0 Å². The van der Waals surface area contributed by atoms with Gasteiger partial charge in [-0.3, -0.25) is 9.78 Å². The molecule has 2 aromatic rings. The third-order valence-electron chi connectivity index (χ3n) is 2.01. The topological polar surface area (TPSA) is 51.2 Å². The largest absolute Gasteiger partial charge is 0.456 e. The second kappa shape index (κ2) is 7.87. The molecule has 0 spiro atoms. The Balaban J connectivity index is 0.000000861. The van der Waals surface area contributed by atoms with Crippen molar-refractivity contribution in [3.8, 4) is 11.5 Å². The lowest BCUT2D eigenvalue weighted by Crippen LogP contribution is -2.05. The minimum Gasteiger partial charge on any atom is -0.456 e. The van der Waals surface area contributed by atoms with Crippen LogP contribution in [0.15, 0.2) is 48.8 Å². The van der Waals surface area contributed by atoms with E-state index >= 15 is 0 Å². The SMILES string of the molecule is CC.CC(=O)Nc1cncc(Oc2ccccc2)c1. The van der Waals surface area contributed by atoms with Crippen molar-refractivity contribution in [2.45, 2.75) is 20.8 Å².